The first-order valence-corrected chi connectivity index (χ1v) is 6.60. The second-order valence-corrected chi connectivity index (χ2v) is 4.44. The van der Waals surface area contributed by atoms with Gasteiger partial charge in [0.25, 0.3) is 0 Å². The maximum absolute atomic E-state index is 11.8. The van der Waals surface area contributed by atoms with Crippen LogP contribution in [-0.2, 0) is 9.53 Å². The molecular weight excluding hydrogens is 236 g/mol. The Kier molecular flexibility index (Phi) is 4.73. The minimum atomic E-state index is -0.318. The molecule has 2 nitrogen and oxygen atoms in total. The van der Waals surface area contributed by atoms with E-state index in [1.807, 2.05) is 67.6 Å². The predicted molar refractivity (Wildman–Crippen MR) is 75.7 cm³/mol. The van der Waals surface area contributed by atoms with Crippen LogP contribution in [0.2, 0.25) is 0 Å². The summed E-state index contributed by atoms with van der Waals surface area (Å²) in [5.41, 5.74) is 2.00. The molecule has 0 spiro atoms. The first-order chi connectivity index (χ1) is 9.31. The lowest BCUT2D eigenvalue weighted by Gasteiger charge is -2.18. The van der Waals surface area contributed by atoms with E-state index in [1.54, 1.807) is 0 Å². The highest BCUT2D eigenvalue weighted by Gasteiger charge is 2.17. The Morgan fingerprint density at radius 2 is 1.42 bits per heavy atom. The second kappa shape index (κ2) is 6.74. The van der Waals surface area contributed by atoms with Crippen LogP contribution in [0.5, 0.6) is 0 Å². The fraction of sp³-hybridized carbons (Fsp3) is 0.235. The Labute approximate surface area is 114 Å². The molecule has 0 saturated heterocycles. The van der Waals surface area contributed by atoms with Gasteiger partial charge in [-0.1, -0.05) is 67.6 Å². The van der Waals surface area contributed by atoms with Crippen molar-refractivity contribution in [1.29, 1.82) is 0 Å². The van der Waals surface area contributed by atoms with Gasteiger partial charge in [0.1, 0.15) is 0 Å². The molecule has 0 aliphatic heterocycles. The van der Waals surface area contributed by atoms with Crippen LogP contribution >= 0.6 is 0 Å². The summed E-state index contributed by atoms with van der Waals surface area (Å²) in [4.78, 5) is 11.8. The molecule has 0 aliphatic carbocycles. The van der Waals surface area contributed by atoms with E-state index in [1.165, 1.54) is 0 Å². The summed E-state index contributed by atoms with van der Waals surface area (Å²) in [6, 6.07) is 19.7. The third-order valence-corrected chi connectivity index (χ3v) is 2.91. The highest BCUT2D eigenvalue weighted by molar-refractivity contribution is 5.70. The average Bonchev–Trinajstić information content (AvgIpc) is 2.47. The molecule has 0 atom stereocenters. The zero-order chi connectivity index (χ0) is 13.5. The zero-order valence-electron chi connectivity index (χ0n) is 11.1. The lowest BCUT2D eigenvalue weighted by molar-refractivity contribution is -0.147. The van der Waals surface area contributed by atoms with Gasteiger partial charge in [-0.25, -0.2) is 0 Å². The van der Waals surface area contributed by atoms with Crippen molar-refractivity contribution < 1.29 is 9.53 Å². The first kappa shape index (κ1) is 13.3. The van der Waals surface area contributed by atoms with Crippen LogP contribution in [0.15, 0.2) is 60.7 Å². The van der Waals surface area contributed by atoms with Crippen molar-refractivity contribution in [2.75, 3.05) is 0 Å². The van der Waals surface area contributed by atoms with Crippen LogP contribution < -0.4 is 0 Å². The molecule has 0 radical (unpaired) electrons. The van der Waals surface area contributed by atoms with Crippen molar-refractivity contribution in [2.45, 2.75) is 25.9 Å². The largest absolute Gasteiger partial charge is 0.453 e. The minimum Gasteiger partial charge on any atom is -0.453 e. The number of carbonyl (C=O) groups excluding carboxylic acids is 1. The normalized spacial score (nSPS) is 10.4. The minimum absolute atomic E-state index is 0.153. The van der Waals surface area contributed by atoms with E-state index in [-0.39, 0.29) is 12.1 Å². The molecule has 0 heterocycles. The zero-order valence-corrected chi connectivity index (χ0v) is 11.1. The molecule has 19 heavy (non-hydrogen) atoms. The molecule has 0 unspecified atom stereocenters. The van der Waals surface area contributed by atoms with Crippen LogP contribution in [0.4, 0.5) is 0 Å². The van der Waals surface area contributed by atoms with E-state index < -0.39 is 0 Å². The first-order valence-electron chi connectivity index (χ1n) is 6.60. The fourth-order valence-corrected chi connectivity index (χ4v) is 1.98. The summed E-state index contributed by atoms with van der Waals surface area (Å²) in [5, 5.41) is 0. The van der Waals surface area contributed by atoms with Gasteiger partial charge < -0.3 is 4.74 Å². The molecule has 0 aliphatic rings. The van der Waals surface area contributed by atoms with E-state index in [9.17, 15) is 4.79 Å². The predicted octanol–water partition coefficient (Wildman–Crippen LogP) is 4.12. The number of ether oxygens (including phenoxy) is 1. The summed E-state index contributed by atoms with van der Waals surface area (Å²) < 4.78 is 5.62. The Bertz CT molecular complexity index is 466. The van der Waals surface area contributed by atoms with Gasteiger partial charge in [0.05, 0.1) is 0 Å². The van der Waals surface area contributed by atoms with E-state index >= 15 is 0 Å². The van der Waals surface area contributed by atoms with Crippen molar-refractivity contribution in [1.82, 2.24) is 0 Å². The molecule has 2 heteroatoms. The number of hydrogen-bond acceptors (Lipinski definition) is 2. The summed E-state index contributed by atoms with van der Waals surface area (Å²) in [5.74, 6) is -0.153. The molecule has 0 bridgehead atoms. The van der Waals surface area contributed by atoms with Gasteiger partial charge in [0.15, 0.2) is 6.10 Å². The quantitative estimate of drug-likeness (QED) is 0.750. The number of benzene rings is 2. The molecule has 0 N–H and O–H groups in total. The second-order valence-electron chi connectivity index (χ2n) is 4.44. The van der Waals surface area contributed by atoms with Crippen LogP contribution in [0.1, 0.15) is 37.0 Å². The molecule has 0 fully saturated rings. The van der Waals surface area contributed by atoms with Crippen LogP contribution in [-0.4, -0.2) is 5.97 Å². The van der Waals surface area contributed by atoms with Gasteiger partial charge in [0.2, 0.25) is 0 Å². The van der Waals surface area contributed by atoms with Crippen molar-refractivity contribution in [3.8, 4) is 0 Å². The number of carbonyl (C=O) groups is 1. The number of hydrogen-bond donors (Lipinski definition) is 0. The SMILES string of the molecule is CCCC(=O)OC(c1ccccc1)c1ccccc1. The number of esters is 1. The Balaban J connectivity index is 2.26. The molecule has 2 rings (SSSR count). The van der Waals surface area contributed by atoms with Gasteiger partial charge in [-0.3, -0.25) is 4.79 Å². The summed E-state index contributed by atoms with van der Waals surface area (Å²) in [7, 11) is 0. The molecule has 0 amide bonds. The summed E-state index contributed by atoms with van der Waals surface area (Å²) in [6.45, 7) is 1.97. The van der Waals surface area contributed by atoms with E-state index in [0.717, 1.165) is 17.5 Å². The molecular formula is C17H18O2. The van der Waals surface area contributed by atoms with Gasteiger partial charge in [-0.15, -0.1) is 0 Å². The highest BCUT2D eigenvalue weighted by Crippen LogP contribution is 2.26. The third kappa shape index (κ3) is 3.68. The monoisotopic (exact) mass is 254 g/mol. The molecule has 2 aromatic carbocycles. The van der Waals surface area contributed by atoms with E-state index in [4.69, 9.17) is 4.74 Å². The Morgan fingerprint density at radius 1 is 0.947 bits per heavy atom. The van der Waals surface area contributed by atoms with E-state index in [0.29, 0.717) is 6.42 Å². The summed E-state index contributed by atoms with van der Waals surface area (Å²) in [6.07, 6.45) is 0.937. The van der Waals surface area contributed by atoms with Gasteiger partial charge in [-0.2, -0.15) is 0 Å². The van der Waals surface area contributed by atoms with Crippen molar-refractivity contribution in [3.05, 3.63) is 71.8 Å². The molecule has 0 saturated carbocycles. The maximum Gasteiger partial charge on any atom is 0.306 e. The van der Waals surface area contributed by atoms with Crippen molar-refractivity contribution in [2.24, 2.45) is 0 Å². The maximum atomic E-state index is 11.8. The molecule has 98 valence electrons. The molecule has 2 aromatic rings. The summed E-state index contributed by atoms with van der Waals surface area (Å²) >= 11 is 0. The van der Waals surface area contributed by atoms with Crippen molar-refractivity contribution in [3.63, 3.8) is 0 Å². The van der Waals surface area contributed by atoms with Gasteiger partial charge in [0, 0.05) is 6.42 Å². The van der Waals surface area contributed by atoms with E-state index in [2.05, 4.69) is 0 Å². The number of rotatable bonds is 5. The van der Waals surface area contributed by atoms with Crippen LogP contribution in [0.3, 0.4) is 0 Å². The fourth-order valence-electron chi connectivity index (χ4n) is 1.98. The average molecular weight is 254 g/mol. The third-order valence-electron chi connectivity index (χ3n) is 2.91. The lowest BCUT2D eigenvalue weighted by atomic mass is 10.0. The standard InChI is InChI=1S/C17H18O2/c1-2-9-16(18)19-17(14-10-5-3-6-11-14)15-12-7-4-8-13-15/h3-8,10-13,17H,2,9H2,1H3. The van der Waals surface area contributed by atoms with Crippen LogP contribution in [0, 0.1) is 0 Å². The lowest BCUT2D eigenvalue weighted by Crippen LogP contribution is -2.12. The smallest absolute Gasteiger partial charge is 0.306 e. The Morgan fingerprint density at radius 3 is 1.84 bits per heavy atom. The van der Waals surface area contributed by atoms with Crippen LogP contribution in [0.25, 0.3) is 0 Å². The van der Waals surface area contributed by atoms with Gasteiger partial charge in [-0.05, 0) is 17.5 Å². The topological polar surface area (TPSA) is 26.3 Å². The van der Waals surface area contributed by atoms with Crippen molar-refractivity contribution >= 4 is 5.97 Å². The Hall–Kier alpha value is -2.09. The molecule has 0 aromatic heterocycles. The van der Waals surface area contributed by atoms with Gasteiger partial charge >= 0.3 is 5.97 Å². The highest BCUT2D eigenvalue weighted by atomic mass is 16.5.